The molecule has 1 aromatic heterocycles. The Bertz CT molecular complexity index is 608. The van der Waals surface area contributed by atoms with Crippen LogP contribution in [0.5, 0.6) is 0 Å². The van der Waals surface area contributed by atoms with E-state index < -0.39 is 0 Å². The van der Waals surface area contributed by atoms with Crippen molar-refractivity contribution in [1.29, 1.82) is 0 Å². The number of likely N-dealkylation sites (tertiary alicyclic amines) is 1. The monoisotopic (exact) mass is 317 g/mol. The molecule has 1 saturated carbocycles. The molecule has 1 aliphatic carbocycles. The van der Waals surface area contributed by atoms with Crippen molar-refractivity contribution in [3.05, 3.63) is 22.5 Å². The Kier molecular flexibility index (Phi) is 4.46. The van der Waals surface area contributed by atoms with Crippen molar-refractivity contribution in [3.63, 3.8) is 0 Å². The van der Waals surface area contributed by atoms with E-state index in [1.54, 1.807) is 0 Å². The van der Waals surface area contributed by atoms with E-state index in [1.165, 1.54) is 5.56 Å². The summed E-state index contributed by atoms with van der Waals surface area (Å²) in [6.07, 6.45) is 4.71. The van der Waals surface area contributed by atoms with Gasteiger partial charge in [-0.15, -0.1) is 0 Å². The Balaban J connectivity index is 1.52. The van der Waals surface area contributed by atoms with E-state index >= 15 is 0 Å². The molecule has 0 spiro atoms. The molecule has 0 atom stereocenters. The van der Waals surface area contributed by atoms with E-state index in [-0.39, 0.29) is 11.8 Å². The minimum Gasteiger partial charge on any atom is -0.354 e. The number of aryl methyl sites for hydroxylation is 1. The van der Waals surface area contributed by atoms with Crippen LogP contribution in [-0.2, 0) is 4.79 Å². The van der Waals surface area contributed by atoms with Crippen LogP contribution in [0, 0.1) is 26.7 Å². The summed E-state index contributed by atoms with van der Waals surface area (Å²) < 4.78 is 0. The predicted octanol–water partition coefficient (Wildman–Crippen LogP) is 2.46. The van der Waals surface area contributed by atoms with E-state index in [0.29, 0.717) is 18.4 Å². The molecule has 5 heteroatoms. The van der Waals surface area contributed by atoms with Crippen LogP contribution < -0.4 is 5.32 Å². The highest BCUT2D eigenvalue weighted by atomic mass is 16.2. The van der Waals surface area contributed by atoms with Gasteiger partial charge in [0.15, 0.2) is 0 Å². The molecule has 1 aromatic rings. The molecule has 2 amide bonds. The van der Waals surface area contributed by atoms with Crippen molar-refractivity contribution in [2.24, 2.45) is 5.92 Å². The SMILES string of the molecule is Cc1[nH]c(C(=O)N2CCC(CC(=O)NC3CC3)CC2)c(C)c1C. The molecule has 0 unspecified atom stereocenters. The van der Waals surface area contributed by atoms with Crippen LogP contribution in [-0.4, -0.2) is 40.8 Å². The molecule has 5 nitrogen and oxygen atoms in total. The summed E-state index contributed by atoms with van der Waals surface area (Å²) >= 11 is 0. The van der Waals surface area contributed by atoms with Gasteiger partial charge in [-0.1, -0.05) is 0 Å². The Hall–Kier alpha value is -1.78. The van der Waals surface area contributed by atoms with E-state index in [2.05, 4.69) is 10.3 Å². The van der Waals surface area contributed by atoms with Gasteiger partial charge in [0, 0.05) is 31.2 Å². The van der Waals surface area contributed by atoms with E-state index in [9.17, 15) is 9.59 Å². The quantitative estimate of drug-likeness (QED) is 0.896. The van der Waals surface area contributed by atoms with Gasteiger partial charge in [0.25, 0.3) is 5.91 Å². The first-order valence-electron chi connectivity index (χ1n) is 8.70. The predicted molar refractivity (Wildman–Crippen MR) is 89.4 cm³/mol. The van der Waals surface area contributed by atoms with Crippen LogP contribution in [0.1, 0.15) is 59.4 Å². The third-order valence-corrected chi connectivity index (χ3v) is 5.34. The molecule has 1 aliphatic heterocycles. The Morgan fingerprint density at radius 2 is 1.74 bits per heavy atom. The summed E-state index contributed by atoms with van der Waals surface area (Å²) in [5.74, 6) is 0.689. The number of carbonyl (C=O) groups is 2. The second-order valence-electron chi connectivity index (χ2n) is 7.16. The summed E-state index contributed by atoms with van der Waals surface area (Å²) in [6, 6.07) is 0.437. The van der Waals surface area contributed by atoms with Crippen LogP contribution in [0.3, 0.4) is 0 Å². The lowest BCUT2D eigenvalue weighted by Crippen LogP contribution is -2.40. The van der Waals surface area contributed by atoms with Gasteiger partial charge in [0.2, 0.25) is 5.91 Å². The summed E-state index contributed by atoms with van der Waals surface area (Å²) in [6.45, 7) is 7.54. The number of carbonyl (C=O) groups excluding carboxylic acids is 2. The Labute approximate surface area is 137 Å². The van der Waals surface area contributed by atoms with Gasteiger partial charge in [-0.05, 0) is 63.5 Å². The molecule has 2 fully saturated rings. The summed E-state index contributed by atoms with van der Waals surface area (Å²) in [5, 5.41) is 3.05. The molecule has 2 heterocycles. The number of nitrogens with zero attached hydrogens (tertiary/aromatic N) is 1. The molecule has 2 N–H and O–H groups in total. The molecule has 2 aliphatic rings. The lowest BCUT2D eigenvalue weighted by atomic mass is 9.93. The van der Waals surface area contributed by atoms with Crippen molar-refractivity contribution >= 4 is 11.8 Å². The van der Waals surface area contributed by atoms with Gasteiger partial charge in [-0.3, -0.25) is 9.59 Å². The summed E-state index contributed by atoms with van der Waals surface area (Å²) in [4.78, 5) is 29.7. The van der Waals surface area contributed by atoms with E-state index in [1.807, 2.05) is 25.7 Å². The second kappa shape index (κ2) is 6.38. The normalized spacial score (nSPS) is 19.0. The van der Waals surface area contributed by atoms with Crippen LogP contribution in [0.15, 0.2) is 0 Å². The van der Waals surface area contributed by atoms with Crippen LogP contribution >= 0.6 is 0 Å². The van der Waals surface area contributed by atoms with Gasteiger partial charge >= 0.3 is 0 Å². The van der Waals surface area contributed by atoms with Crippen molar-refractivity contribution in [3.8, 4) is 0 Å². The average Bonchev–Trinajstić information content (AvgIpc) is 3.30. The number of nitrogens with one attached hydrogen (secondary N) is 2. The lowest BCUT2D eigenvalue weighted by Gasteiger charge is -2.31. The zero-order chi connectivity index (χ0) is 16.6. The highest BCUT2D eigenvalue weighted by Crippen LogP contribution is 2.25. The Morgan fingerprint density at radius 1 is 1.09 bits per heavy atom. The fourth-order valence-electron chi connectivity index (χ4n) is 3.33. The lowest BCUT2D eigenvalue weighted by molar-refractivity contribution is -0.122. The molecule has 3 rings (SSSR count). The molecular weight excluding hydrogens is 290 g/mol. The number of aromatic nitrogens is 1. The zero-order valence-electron chi connectivity index (χ0n) is 14.4. The molecule has 126 valence electrons. The molecule has 0 bridgehead atoms. The van der Waals surface area contributed by atoms with Gasteiger partial charge in [0.05, 0.1) is 0 Å². The largest absolute Gasteiger partial charge is 0.354 e. The van der Waals surface area contributed by atoms with Crippen molar-refractivity contribution in [2.75, 3.05) is 13.1 Å². The second-order valence-corrected chi connectivity index (χ2v) is 7.16. The highest BCUT2D eigenvalue weighted by Gasteiger charge is 2.29. The highest BCUT2D eigenvalue weighted by molar-refractivity contribution is 5.94. The van der Waals surface area contributed by atoms with Gasteiger partial charge in [0.1, 0.15) is 5.69 Å². The number of hydrogen-bond donors (Lipinski definition) is 2. The summed E-state index contributed by atoms with van der Waals surface area (Å²) in [7, 11) is 0. The van der Waals surface area contributed by atoms with Crippen molar-refractivity contribution in [2.45, 2.75) is 58.9 Å². The number of amides is 2. The maximum absolute atomic E-state index is 12.7. The number of H-pyrrole nitrogens is 1. The smallest absolute Gasteiger partial charge is 0.270 e. The third kappa shape index (κ3) is 3.59. The first kappa shape index (κ1) is 16.1. The minimum atomic E-state index is 0.0968. The topological polar surface area (TPSA) is 65.2 Å². The maximum atomic E-state index is 12.7. The van der Waals surface area contributed by atoms with Crippen LogP contribution in [0.25, 0.3) is 0 Å². The van der Waals surface area contributed by atoms with Crippen molar-refractivity contribution in [1.82, 2.24) is 15.2 Å². The Morgan fingerprint density at radius 3 is 2.26 bits per heavy atom. The number of hydrogen-bond acceptors (Lipinski definition) is 2. The fourth-order valence-corrected chi connectivity index (χ4v) is 3.33. The number of aromatic amines is 1. The molecule has 23 heavy (non-hydrogen) atoms. The van der Waals surface area contributed by atoms with E-state index in [0.717, 1.165) is 55.7 Å². The maximum Gasteiger partial charge on any atom is 0.270 e. The fraction of sp³-hybridized carbons (Fsp3) is 0.667. The van der Waals surface area contributed by atoms with Gasteiger partial charge in [-0.2, -0.15) is 0 Å². The van der Waals surface area contributed by atoms with Crippen molar-refractivity contribution < 1.29 is 9.59 Å². The van der Waals surface area contributed by atoms with Crippen LogP contribution in [0.4, 0.5) is 0 Å². The minimum absolute atomic E-state index is 0.0968. The number of rotatable bonds is 4. The average molecular weight is 317 g/mol. The molecular formula is C18H27N3O2. The van der Waals surface area contributed by atoms with E-state index in [4.69, 9.17) is 0 Å². The first-order valence-corrected chi connectivity index (χ1v) is 8.70. The first-order chi connectivity index (χ1) is 11.0. The van der Waals surface area contributed by atoms with Crippen LogP contribution in [0.2, 0.25) is 0 Å². The number of piperidine rings is 1. The summed E-state index contributed by atoms with van der Waals surface area (Å²) in [5.41, 5.74) is 4.01. The molecule has 0 aromatic carbocycles. The zero-order valence-corrected chi connectivity index (χ0v) is 14.4. The van der Waals surface area contributed by atoms with Gasteiger partial charge in [-0.25, -0.2) is 0 Å². The standard InChI is InChI=1S/C18H27N3O2/c1-11-12(2)17(19-13(11)3)18(23)21-8-6-14(7-9-21)10-16(22)20-15-4-5-15/h14-15,19H,4-10H2,1-3H3,(H,20,22). The molecule has 0 radical (unpaired) electrons. The third-order valence-electron chi connectivity index (χ3n) is 5.34. The molecule has 1 saturated heterocycles. The van der Waals surface area contributed by atoms with Gasteiger partial charge < -0.3 is 15.2 Å².